The zero-order chi connectivity index (χ0) is 14.8. The van der Waals surface area contributed by atoms with Crippen LogP contribution in [0, 0.1) is 5.41 Å². The van der Waals surface area contributed by atoms with Crippen LogP contribution in [0.1, 0.15) is 39.9 Å². The second-order valence-corrected chi connectivity index (χ2v) is 6.23. The molecule has 110 valence electrons. The molecule has 1 N–H and O–H groups in total. The van der Waals surface area contributed by atoms with Gasteiger partial charge in [0.25, 0.3) is 0 Å². The lowest BCUT2D eigenvalue weighted by Gasteiger charge is -2.34. The lowest BCUT2D eigenvalue weighted by Crippen LogP contribution is -2.43. The summed E-state index contributed by atoms with van der Waals surface area (Å²) in [5.41, 5.74) is 2.58. The van der Waals surface area contributed by atoms with Crippen molar-refractivity contribution in [1.29, 1.82) is 0 Å². The normalized spacial score (nSPS) is 13.8. The fourth-order valence-electron chi connectivity index (χ4n) is 2.68. The first-order chi connectivity index (χ1) is 9.49. The number of aryl methyl sites for hydroxylation is 1. The fourth-order valence-corrected chi connectivity index (χ4v) is 2.68. The SMILES string of the molecule is CCNC(Cc1nc2ccccc2n1C)C(C)(C)CC. The molecule has 2 rings (SSSR count). The molecule has 0 saturated heterocycles. The van der Waals surface area contributed by atoms with Crippen LogP contribution >= 0.6 is 0 Å². The van der Waals surface area contributed by atoms with Crippen LogP contribution in [0.5, 0.6) is 0 Å². The number of likely N-dealkylation sites (N-methyl/N-ethyl adjacent to an activating group) is 1. The van der Waals surface area contributed by atoms with Gasteiger partial charge < -0.3 is 9.88 Å². The van der Waals surface area contributed by atoms with Crippen LogP contribution in [0.3, 0.4) is 0 Å². The number of rotatable bonds is 6. The average Bonchev–Trinajstić information content (AvgIpc) is 2.75. The number of aromatic nitrogens is 2. The number of hydrogen-bond donors (Lipinski definition) is 1. The molecule has 1 aromatic heterocycles. The van der Waals surface area contributed by atoms with Gasteiger partial charge in [0.15, 0.2) is 0 Å². The maximum atomic E-state index is 4.81. The molecule has 2 aromatic rings. The van der Waals surface area contributed by atoms with E-state index in [1.807, 2.05) is 0 Å². The second-order valence-electron chi connectivity index (χ2n) is 6.23. The van der Waals surface area contributed by atoms with Gasteiger partial charge in [-0.05, 0) is 30.5 Å². The minimum atomic E-state index is 0.272. The van der Waals surface area contributed by atoms with Crippen LogP contribution in [0.25, 0.3) is 11.0 Å². The molecule has 1 atom stereocenters. The van der Waals surface area contributed by atoms with Crippen LogP contribution in [-0.4, -0.2) is 22.1 Å². The lowest BCUT2D eigenvalue weighted by atomic mass is 9.80. The zero-order valence-electron chi connectivity index (χ0n) is 13.4. The number of fused-ring (bicyclic) bond motifs is 1. The van der Waals surface area contributed by atoms with Crippen LogP contribution in [0.4, 0.5) is 0 Å². The first-order valence-corrected chi connectivity index (χ1v) is 7.63. The molecular formula is C17H27N3. The Hall–Kier alpha value is -1.35. The quantitative estimate of drug-likeness (QED) is 0.872. The summed E-state index contributed by atoms with van der Waals surface area (Å²) in [6.07, 6.45) is 2.13. The molecule has 0 aliphatic rings. The van der Waals surface area contributed by atoms with Gasteiger partial charge in [0.1, 0.15) is 5.82 Å². The van der Waals surface area contributed by atoms with E-state index in [1.54, 1.807) is 0 Å². The minimum absolute atomic E-state index is 0.272. The summed E-state index contributed by atoms with van der Waals surface area (Å²) in [4.78, 5) is 4.81. The van der Waals surface area contributed by atoms with E-state index in [-0.39, 0.29) is 5.41 Å². The summed E-state index contributed by atoms with van der Waals surface area (Å²) in [5, 5.41) is 3.64. The first kappa shape index (κ1) is 15.0. The molecule has 20 heavy (non-hydrogen) atoms. The minimum Gasteiger partial charge on any atom is -0.331 e. The third kappa shape index (κ3) is 2.88. The average molecular weight is 273 g/mol. The van der Waals surface area contributed by atoms with Crippen molar-refractivity contribution in [2.75, 3.05) is 6.54 Å². The summed E-state index contributed by atoms with van der Waals surface area (Å²) in [6.45, 7) is 10.1. The molecule has 0 aliphatic carbocycles. The molecule has 0 fully saturated rings. The van der Waals surface area contributed by atoms with Crippen molar-refractivity contribution >= 4 is 11.0 Å². The number of nitrogens with zero attached hydrogens (tertiary/aromatic N) is 2. The predicted octanol–water partition coefficient (Wildman–Crippen LogP) is 3.53. The molecule has 1 heterocycles. The van der Waals surface area contributed by atoms with Gasteiger partial charge >= 0.3 is 0 Å². The standard InChI is InChI=1S/C17H27N3/c1-6-17(3,4)15(18-7-2)12-16-19-13-10-8-9-11-14(13)20(16)5/h8-11,15,18H,6-7,12H2,1-5H3. The topological polar surface area (TPSA) is 29.9 Å². The Balaban J connectivity index is 2.31. The van der Waals surface area contributed by atoms with E-state index in [2.05, 4.69) is 68.9 Å². The maximum Gasteiger partial charge on any atom is 0.111 e. The smallest absolute Gasteiger partial charge is 0.111 e. The highest BCUT2D eigenvalue weighted by Gasteiger charge is 2.28. The van der Waals surface area contributed by atoms with Gasteiger partial charge in [-0.3, -0.25) is 0 Å². The monoisotopic (exact) mass is 273 g/mol. The molecule has 0 radical (unpaired) electrons. The Morgan fingerprint density at radius 2 is 1.95 bits per heavy atom. The van der Waals surface area contributed by atoms with Crippen LogP contribution in [-0.2, 0) is 13.5 Å². The second kappa shape index (κ2) is 5.96. The highest BCUT2D eigenvalue weighted by Crippen LogP contribution is 2.28. The number of para-hydroxylation sites is 2. The van der Waals surface area contributed by atoms with Gasteiger partial charge in [-0.1, -0.05) is 39.8 Å². The predicted molar refractivity (Wildman–Crippen MR) is 86.0 cm³/mol. The molecule has 0 aliphatic heterocycles. The molecule has 3 heteroatoms. The Morgan fingerprint density at radius 3 is 2.55 bits per heavy atom. The van der Waals surface area contributed by atoms with E-state index < -0.39 is 0 Å². The van der Waals surface area contributed by atoms with Gasteiger partial charge in [0.05, 0.1) is 11.0 Å². The van der Waals surface area contributed by atoms with Gasteiger partial charge in [0.2, 0.25) is 0 Å². The van der Waals surface area contributed by atoms with Gasteiger partial charge in [-0.2, -0.15) is 0 Å². The van der Waals surface area contributed by atoms with E-state index in [0.717, 1.165) is 24.9 Å². The number of hydrogen-bond acceptors (Lipinski definition) is 2. The van der Waals surface area contributed by atoms with E-state index in [0.29, 0.717) is 6.04 Å². The molecule has 0 spiro atoms. The molecular weight excluding hydrogens is 246 g/mol. The summed E-state index contributed by atoms with van der Waals surface area (Å²) < 4.78 is 2.23. The van der Waals surface area contributed by atoms with Gasteiger partial charge in [-0.15, -0.1) is 0 Å². The number of imidazole rings is 1. The molecule has 0 saturated carbocycles. The highest BCUT2D eigenvalue weighted by molar-refractivity contribution is 5.75. The van der Waals surface area contributed by atoms with E-state index >= 15 is 0 Å². The lowest BCUT2D eigenvalue weighted by molar-refractivity contribution is 0.229. The first-order valence-electron chi connectivity index (χ1n) is 7.63. The summed E-state index contributed by atoms with van der Waals surface area (Å²) >= 11 is 0. The van der Waals surface area contributed by atoms with Gasteiger partial charge in [-0.25, -0.2) is 4.98 Å². The molecule has 3 nitrogen and oxygen atoms in total. The van der Waals surface area contributed by atoms with Crippen LogP contribution < -0.4 is 5.32 Å². The van der Waals surface area contributed by atoms with Crippen molar-refractivity contribution in [1.82, 2.24) is 14.9 Å². The zero-order valence-corrected chi connectivity index (χ0v) is 13.4. The van der Waals surface area contributed by atoms with Crippen molar-refractivity contribution in [3.8, 4) is 0 Å². The third-order valence-corrected chi connectivity index (χ3v) is 4.57. The molecule has 0 bridgehead atoms. The molecule has 1 aromatic carbocycles. The van der Waals surface area contributed by atoms with E-state index in [4.69, 9.17) is 4.98 Å². The summed E-state index contributed by atoms with van der Waals surface area (Å²) in [6, 6.07) is 8.81. The van der Waals surface area contributed by atoms with Crippen molar-refractivity contribution < 1.29 is 0 Å². The van der Waals surface area contributed by atoms with Gasteiger partial charge in [0, 0.05) is 19.5 Å². The molecule has 1 unspecified atom stereocenters. The van der Waals surface area contributed by atoms with E-state index in [1.165, 1.54) is 11.3 Å². The van der Waals surface area contributed by atoms with Crippen LogP contribution in [0.2, 0.25) is 0 Å². The van der Waals surface area contributed by atoms with Crippen LogP contribution in [0.15, 0.2) is 24.3 Å². The largest absolute Gasteiger partial charge is 0.331 e. The van der Waals surface area contributed by atoms with E-state index in [9.17, 15) is 0 Å². The Kier molecular flexibility index (Phi) is 4.48. The summed E-state index contributed by atoms with van der Waals surface area (Å²) in [5.74, 6) is 1.17. The Labute approximate surface area is 122 Å². The van der Waals surface area contributed by atoms with Crippen molar-refractivity contribution in [2.24, 2.45) is 12.5 Å². The van der Waals surface area contributed by atoms with Crippen molar-refractivity contribution in [2.45, 2.75) is 46.6 Å². The number of benzene rings is 1. The molecule has 0 amide bonds. The highest BCUT2D eigenvalue weighted by atomic mass is 15.1. The van der Waals surface area contributed by atoms with Crippen molar-refractivity contribution in [3.05, 3.63) is 30.1 Å². The third-order valence-electron chi connectivity index (χ3n) is 4.57. The maximum absolute atomic E-state index is 4.81. The summed E-state index contributed by atoms with van der Waals surface area (Å²) in [7, 11) is 2.12. The Bertz CT molecular complexity index is 569. The Morgan fingerprint density at radius 1 is 1.25 bits per heavy atom. The number of nitrogens with one attached hydrogen (secondary N) is 1. The fraction of sp³-hybridized carbons (Fsp3) is 0.588. The van der Waals surface area contributed by atoms with Crippen molar-refractivity contribution in [3.63, 3.8) is 0 Å².